The van der Waals surface area contributed by atoms with Gasteiger partial charge in [-0.15, -0.1) is 0 Å². The van der Waals surface area contributed by atoms with E-state index in [0.29, 0.717) is 0 Å². The van der Waals surface area contributed by atoms with E-state index in [2.05, 4.69) is 48.1 Å². The molecule has 0 aliphatic rings. The van der Waals surface area contributed by atoms with Crippen LogP contribution in [0.25, 0.3) is 0 Å². The van der Waals surface area contributed by atoms with Crippen molar-refractivity contribution in [2.75, 3.05) is 0 Å². The molecular formula is C17H23N3S. The van der Waals surface area contributed by atoms with Crippen molar-refractivity contribution in [2.45, 2.75) is 50.6 Å². The van der Waals surface area contributed by atoms with Gasteiger partial charge in [-0.1, -0.05) is 48.5 Å². The summed E-state index contributed by atoms with van der Waals surface area (Å²) in [4.78, 5) is 9.07. The van der Waals surface area contributed by atoms with Gasteiger partial charge in [0.1, 0.15) is 0 Å². The van der Waals surface area contributed by atoms with Crippen LogP contribution in [0.1, 0.15) is 41.1 Å². The summed E-state index contributed by atoms with van der Waals surface area (Å²) in [5.41, 5.74) is 10.8. The fourth-order valence-electron chi connectivity index (χ4n) is 2.32. The van der Waals surface area contributed by atoms with Crippen molar-refractivity contribution in [2.24, 2.45) is 5.73 Å². The number of aryl methyl sites for hydroxylation is 3. The first-order valence-electron chi connectivity index (χ1n) is 7.30. The highest BCUT2D eigenvalue weighted by molar-refractivity contribution is 7.99. The van der Waals surface area contributed by atoms with Crippen molar-refractivity contribution < 1.29 is 0 Å². The van der Waals surface area contributed by atoms with Crippen LogP contribution in [0.4, 0.5) is 0 Å². The Kier molecular flexibility index (Phi) is 5.37. The van der Waals surface area contributed by atoms with Gasteiger partial charge in [0.25, 0.3) is 0 Å². The Morgan fingerprint density at radius 3 is 2.33 bits per heavy atom. The number of hydrogen-bond donors (Lipinski definition) is 1. The van der Waals surface area contributed by atoms with Crippen LogP contribution in [0.15, 0.2) is 35.5 Å². The van der Waals surface area contributed by atoms with Crippen molar-refractivity contribution >= 4 is 11.8 Å². The molecule has 0 aliphatic heterocycles. The third-order valence-electron chi connectivity index (χ3n) is 3.43. The molecule has 0 fully saturated rings. The van der Waals surface area contributed by atoms with Gasteiger partial charge in [-0.2, -0.15) is 0 Å². The zero-order valence-corrected chi connectivity index (χ0v) is 13.9. The minimum Gasteiger partial charge on any atom is -0.326 e. The minimum atomic E-state index is 0.0845. The highest BCUT2D eigenvalue weighted by atomic mass is 32.2. The van der Waals surface area contributed by atoms with E-state index in [1.165, 1.54) is 11.1 Å². The number of nitrogens with two attached hydrogens (primary N) is 1. The van der Waals surface area contributed by atoms with Crippen LogP contribution in [0.2, 0.25) is 0 Å². The van der Waals surface area contributed by atoms with E-state index in [9.17, 15) is 0 Å². The molecule has 1 aromatic carbocycles. The molecule has 0 radical (unpaired) electrons. The standard InChI is InChI=1S/C17H23N3S/c1-5-15(18)16(14-8-6-7-11(2)9-14)21-17-19-12(3)10-13(4)20-17/h6-10,15-16H,5,18H2,1-4H3. The zero-order valence-electron chi connectivity index (χ0n) is 13.1. The zero-order chi connectivity index (χ0) is 15.4. The molecule has 2 N–H and O–H groups in total. The summed E-state index contributed by atoms with van der Waals surface area (Å²) in [5.74, 6) is 0. The highest BCUT2D eigenvalue weighted by Crippen LogP contribution is 2.36. The Morgan fingerprint density at radius 1 is 1.10 bits per heavy atom. The van der Waals surface area contributed by atoms with Gasteiger partial charge >= 0.3 is 0 Å². The molecule has 1 heterocycles. The molecule has 2 unspecified atom stereocenters. The van der Waals surface area contributed by atoms with E-state index < -0.39 is 0 Å². The third-order valence-corrected chi connectivity index (χ3v) is 4.69. The predicted octanol–water partition coefficient (Wildman–Crippen LogP) is 3.97. The predicted molar refractivity (Wildman–Crippen MR) is 89.5 cm³/mol. The topological polar surface area (TPSA) is 51.8 Å². The first kappa shape index (κ1) is 16.0. The van der Waals surface area contributed by atoms with E-state index in [1.807, 2.05) is 19.9 Å². The lowest BCUT2D eigenvalue weighted by Gasteiger charge is -2.22. The molecule has 112 valence electrons. The van der Waals surface area contributed by atoms with Crippen LogP contribution in [0.3, 0.4) is 0 Å². The lowest BCUT2D eigenvalue weighted by atomic mass is 10.0. The average Bonchev–Trinajstić information content (AvgIpc) is 2.43. The molecule has 2 aromatic rings. The van der Waals surface area contributed by atoms with E-state index in [1.54, 1.807) is 11.8 Å². The maximum atomic E-state index is 6.35. The van der Waals surface area contributed by atoms with Crippen molar-refractivity contribution in [3.63, 3.8) is 0 Å². The number of aromatic nitrogens is 2. The molecule has 4 heteroatoms. The monoisotopic (exact) mass is 301 g/mol. The first-order chi connectivity index (χ1) is 9.99. The van der Waals surface area contributed by atoms with Crippen LogP contribution in [-0.2, 0) is 0 Å². The highest BCUT2D eigenvalue weighted by Gasteiger charge is 2.21. The Bertz CT molecular complexity index is 592. The molecule has 21 heavy (non-hydrogen) atoms. The number of thioether (sulfide) groups is 1. The molecule has 2 rings (SSSR count). The largest absolute Gasteiger partial charge is 0.326 e. The summed E-state index contributed by atoms with van der Waals surface area (Å²) in [6.07, 6.45) is 0.927. The maximum Gasteiger partial charge on any atom is 0.188 e. The van der Waals surface area contributed by atoms with Gasteiger partial charge in [-0.3, -0.25) is 0 Å². The molecular weight excluding hydrogens is 278 g/mol. The lowest BCUT2D eigenvalue weighted by Crippen LogP contribution is -2.26. The van der Waals surface area contributed by atoms with Crippen LogP contribution < -0.4 is 5.73 Å². The Morgan fingerprint density at radius 2 is 1.76 bits per heavy atom. The van der Waals surface area contributed by atoms with Gasteiger partial charge in [-0.05, 0) is 38.8 Å². The molecule has 2 atom stereocenters. The summed E-state index contributed by atoms with van der Waals surface area (Å²) >= 11 is 1.66. The van der Waals surface area contributed by atoms with Crippen molar-refractivity contribution in [1.82, 2.24) is 9.97 Å². The van der Waals surface area contributed by atoms with E-state index in [0.717, 1.165) is 23.0 Å². The molecule has 1 aromatic heterocycles. The first-order valence-corrected chi connectivity index (χ1v) is 8.18. The fourth-order valence-corrected chi connectivity index (χ4v) is 3.59. The van der Waals surface area contributed by atoms with Crippen molar-refractivity contribution in [1.29, 1.82) is 0 Å². The van der Waals surface area contributed by atoms with Gasteiger partial charge in [0, 0.05) is 17.4 Å². The van der Waals surface area contributed by atoms with Gasteiger partial charge < -0.3 is 5.73 Å². The third kappa shape index (κ3) is 4.29. The Balaban J connectivity index is 2.32. The second-order valence-electron chi connectivity index (χ2n) is 5.46. The normalized spacial score (nSPS) is 14.0. The Labute approximate surface area is 131 Å². The molecule has 0 spiro atoms. The summed E-state index contributed by atoms with van der Waals surface area (Å²) in [5, 5.41) is 0.985. The van der Waals surface area contributed by atoms with Crippen molar-refractivity contribution in [3.8, 4) is 0 Å². The summed E-state index contributed by atoms with van der Waals surface area (Å²) in [6.45, 7) is 8.23. The fraction of sp³-hybridized carbons (Fsp3) is 0.412. The molecule has 0 amide bonds. The second-order valence-corrected chi connectivity index (χ2v) is 6.57. The summed E-state index contributed by atoms with van der Waals surface area (Å²) in [7, 11) is 0. The molecule has 0 saturated carbocycles. The van der Waals surface area contributed by atoms with E-state index in [-0.39, 0.29) is 11.3 Å². The van der Waals surface area contributed by atoms with Gasteiger partial charge in [0.15, 0.2) is 5.16 Å². The molecule has 3 nitrogen and oxygen atoms in total. The van der Waals surface area contributed by atoms with Gasteiger partial charge in [0.05, 0.1) is 5.25 Å². The number of nitrogens with zero attached hydrogens (tertiary/aromatic N) is 2. The van der Waals surface area contributed by atoms with Gasteiger partial charge in [0.2, 0.25) is 0 Å². The molecule has 0 bridgehead atoms. The summed E-state index contributed by atoms with van der Waals surface area (Å²) < 4.78 is 0. The van der Waals surface area contributed by atoms with Crippen molar-refractivity contribution in [3.05, 3.63) is 52.8 Å². The lowest BCUT2D eigenvalue weighted by molar-refractivity contribution is 0.632. The molecule has 0 aliphatic carbocycles. The Hall–Kier alpha value is -1.39. The SMILES string of the molecule is CCC(N)C(Sc1nc(C)cc(C)n1)c1cccc(C)c1. The summed E-state index contributed by atoms with van der Waals surface area (Å²) in [6, 6.07) is 10.6. The van der Waals surface area contributed by atoms with Crippen LogP contribution >= 0.6 is 11.8 Å². The van der Waals surface area contributed by atoms with E-state index >= 15 is 0 Å². The number of benzene rings is 1. The quantitative estimate of drug-likeness (QED) is 0.670. The maximum absolute atomic E-state index is 6.35. The van der Waals surface area contributed by atoms with Gasteiger partial charge in [-0.25, -0.2) is 9.97 Å². The minimum absolute atomic E-state index is 0.0845. The average molecular weight is 301 g/mol. The smallest absolute Gasteiger partial charge is 0.188 e. The van der Waals surface area contributed by atoms with Crippen LogP contribution in [-0.4, -0.2) is 16.0 Å². The second kappa shape index (κ2) is 7.05. The number of rotatable bonds is 5. The van der Waals surface area contributed by atoms with Crippen LogP contribution in [0, 0.1) is 20.8 Å². The van der Waals surface area contributed by atoms with E-state index in [4.69, 9.17) is 5.73 Å². The molecule has 0 saturated heterocycles. The van der Waals surface area contributed by atoms with Crippen LogP contribution in [0.5, 0.6) is 0 Å². The number of hydrogen-bond acceptors (Lipinski definition) is 4.